The standard InChI is InChI=1S/C22H25ClN4O2S/c1-24-10-7-17-18(14-24)30-21-19(17)20(28)27(16-6-4-5-15(23)13-16)22(29)26(21)12-11-25-8-2-3-9-25/h4-6,13H,2-3,7-12,14H2,1H3. The van der Waals surface area contributed by atoms with Crippen LogP contribution in [0, 0.1) is 0 Å². The van der Waals surface area contributed by atoms with Crippen molar-refractivity contribution < 1.29 is 0 Å². The van der Waals surface area contributed by atoms with Crippen LogP contribution in [0.15, 0.2) is 33.9 Å². The van der Waals surface area contributed by atoms with Gasteiger partial charge < -0.3 is 9.80 Å². The molecular weight excluding hydrogens is 420 g/mol. The topological polar surface area (TPSA) is 50.5 Å². The smallest absolute Gasteiger partial charge is 0.302 e. The second kappa shape index (κ2) is 7.96. The van der Waals surface area contributed by atoms with Gasteiger partial charge in [0.1, 0.15) is 4.83 Å². The number of thiophene rings is 1. The van der Waals surface area contributed by atoms with Gasteiger partial charge in [-0.15, -0.1) is 11.3 Å². The van der Waals surface area contributed by atoms with Crippen LogP contribution in [0.5, 0.6) is 0 Å². The van der Waals surface area contributed by atoms with E-state index in [2.05, 4.69) is 16.8 Å². The lowest BCUT2D eigenvalue weighted by Crippen LogP contribution is -2.40. The highest BCUT2D eigenvalue weighted by atomic mass is 35.5. The third-order valence-corrected chi connectivity index (χ3v) is 7.69. The minimum Gasteiger partial charge on any atom is -0.302 e. The Morgan fingerprint density at radius 3 is 2.67 bits per heavy atom. The van der Waals surface area contributed by atoms with Crippen LogP contribution in [0.1, 0.15) is 23.3 Å². The third kappa shape index (κ3) is 3.43. The van der Waals surface area contributed by atoms with Crippen molar-refractivity contribution in [3.05, 3.63) is 60.6 Å². The molecule has 6 nitrogen and oxygen atoms in total. The van der Waals surface area contributed by atoms with Crippen molar-refractivity contribution in [2.45, 2.75) is 32.4 Å². The van der Waals surface area contributed by atoms with Gasteiger partial charge >= 0.3 is 5.69 Å². The number of likely N-dealkylation sites (tertiary alicyclic amines) is 1. The van der Waals surface area contributed by atoms with E-state index in [1.54, 1.807) is 35.6 Å². The van der Waals surface area contributed by atoms with Crippen molar-refractivity contribution in [1.29, 1.82) is 0 Å². The van der Waals surface area contributed by atoms with Crippen molar-refractivity contribution >= 4 is 33.2 Å². The summed E-state index contributed by atoms with van der Waals surface area (Å²) in [6.07, 6.45) is 3.26. The number of nitrogens with zero attached hydrogens (tertiary/aromatic N) is 4. The molecule has 2 aliphatic heterocycles. The molecule has 0 saturated carbocycles. The summed E-state index contributed by atoms with van der Waals surface area (Å²) in [5.41, 5.74) is 1.14. The Bertz CT molecular complexity index is 1220. The molecule has 2 aromatic heterocycles. The Morgan fingerprint density at radius 2 is 1.90 bits per heavy atom. The highest BCUT2D eigenvalue weighted by molar-refractivity contribution is 7.18. The minimum atomic E-state index is -0.277. The van der Waals surface area contributed by atoms with Gasteiger partial charge in [0, 0.05) is 36.1 Å². The van der Waals surface area contributed by atoms with Crippen LogP contribution in [-0.4, -0.2) is 52.2 Å². The van der Waals surface area contributed by atoms with Crippen LogP contribution in [-0.2, 0) is 19.5 Å². The van der Waals surface area contributed by atoms with Crippen LogP contribution >= 0.6 is 22.9 Å². The fourth-order valence-electron chi connectivity index (χ4n) is 4.62. The maximum absolute atomic E-state index is 13.6. The van der Waals surface area contributed by atoms with E-state index < -0.39 is 0 Å². The largest absolute Gasteiger partial charge is 0.336 e. The van der Waals surface area contributed by atoms with Gasteiger partial charge in [-0.2, -0.15) is 0 Å². The first-order chi connectivity index (χ1) is 14.5. The van der Waals surface area contributed by atoms with E-state index in [9.17, 15) is 9.59 Å². The average molecular weight is 445 g/mol. The summed E-state index contributed by atoms with van der Waals surface area (Å²) in [6, 6.07) is 6.99. The molecule has 0 unspecified atom stereocenters. The molecule has 1 saturated heterocycles. The molecule has 2 aliphatic rings. The van der Waals surface area contributed by atoms with E-state index in [0.717, 1.165) is 49.5 Å². The molecular formula is C22H25ClN4O2S. The van der Waals surface area contributed by atoms with E-state index in [1.807, 2.05) is 4.57 Å². The summed E-state index contributed by atoms with van der Waals surface area (Å²) in [5.74, 6) is 0. The van der Waals surface area contributed by atoms with Crippen molar-refractivity contribution in [1.82, 2.24) is 18.9 Å². The van der Waals surface area contributed by atoms with Crippen molar-refractivity contribution in [2.75, 3.05) is 33.2 Å². The van der Waals surface area contributed by atoms with Gasteiger partial charge in [-0.05, 0) is 63.2 Å². The van der Waals surface area contributed by atoms with Crippen molar-refractivity contribution in [2.24, 2.45) is 0 Å². The zero-order valence-corrected chi connectivity index (χ0v) is 18.6. The predicted octanol–water partition coefficient (Wildman–Crippen LogP) is 2.95. The molecule has 0 aliphatic carbocycles. The van der Waals surface area contributed by atoms with Gasteiger partial charge in [0.25, 0.3) is 5.56 Å². The van der Waals surface area contributed by atoms with Gasteiger partial charge in [-0.3, -0.25) is 9.36 Å². The Balaban J connectivity index is 1.73. The summed E-state index contributed by atoms with van der Waals surface area (Å²) in [5, 5.41) is 1.22. The normalized spacial score (nSPS) is 17.7. The lowest BCUT2D eigenvalue weighted by molar-refractivity contribution is 0.317. The highest BCUT2D eigenvalue weighted by Gasteiger charge is 2.26. The first-order valence-electron chi connectivity index (χ1n) is 10.5. The van der Waals surface area contributed by atoms with E-state index in [1.165, 1.54) is 22.3 Å². The molecule has 1 aromatic carbocycles. The number of hydrogen-bond acceptors (Lipinski definition) is 5. The lowest BCUT2D eigenvalue weighted by Gasteiger charge is -2.21. The number of hydrogen-bond donors (Lipinski definition) is 0. The number of likely N-dealkylation sites (N-methyl/N-ethyl adjacent to an activating group) is 1. The van der Waals surface area contributed by atoms with Crippen LogP contribution in [0.2, 0.25) is 5.02 Å². The third-order valence-electron chi connectivity index (χ3n) is 6.22. The molecule has 0 spiro atoms. The SMILES string of the molecule is CN1CCc2c(sc3c2c(=O)n(-c2cccc(Cl)c2)c(=O)n3CCN2CCCC2)C1. The molecule has 8 heteroatoms. The fourth-order valence-corrected chi connectivity index (χ4v) is 6.24. The van der Waals surface area contributed by atoms with Crippen LogP contribution in [0.4, 0.5) is 0 Å². The van der Waals surface area contributed by atoms with Gasteiger partial charge in [-0.25, -0.2) is 9.36 Å². The van der Waals surface area contributed by atoms with Gasteiger partial charge in [0.2, 0.25) is 0 Å². The number of rotatable bonds is 4. The average Bonchev–Trinajstić information content (AvgIpc) is 3.35. The number of benzene rings is 1. The molecule has 0 bridgehead atoms. The van der Waals surface area contributed by atoms with Gasteiger partial charge in [-0.1, -0.05) is 17.7 Å². The number of halogens is 1. The quantitative estimate of drug-likeness (QED) is 0.620. The fraction of sp³-hybridized carbons (Fsp3) is 0.455. The monoisotopic (exact) mass is 444 g/mol. The molecule has 0 N–H and O–H groups in total. The zero-order chi connectivity index (χ0) is 20.8. The van der Waals surface area contributed by atoms with Gasteiger partial charge in [0.15, 0.2) is 0 Å². The molecule has 3 aromatic rings. The molecule has 158 valence electrons. The first kappa shape index (κ1) is 20.0. The van der Waals surface area contributed by atoms with Crippen LogP contribution in [0.3, 0.4) is 0 Å². The van der Waals surface area contributed by atoms with Crippen LogP contribution in [0.25, 0.3) is 15.9 Å². The van der Waals surface area contributed by atoms with E-state index in [0.29, 0.717) is 22.6 Å². The summed E-state index contributed by atoms with van der Waals surface area (Å²) in [6.45, 7) is 5.32. The van der Waals surface area contributed by atoms with E-state index in [-0.39, 0.29) is 11.2 Å². The zero-order valence-electron chi connectivity index (χ0n) is 17.1. The van der Waals surface area contributed by atoms with Crippen molar-refractivity contribution in [3.63, 3.8) is 0 Å². The van der Waals surface area contributed by atoms with Crippen molar-refractivity contribution in [3.8, 4) is 5.69 Å². The summed E-state index contributed by atoms with van der Waals surface area (Å²) >= 11 is 7.79. The Hall–Kier alpha value is -1.93. The predicted molar refractivity (Wildman–Crippen MR) is 122 cm³/mol. The Labute approximate surface area is 183 Å². The summed E-state index contributed by atoms with van der Waals surface area (Å²) in [7, 11) is 2.10. The second-order valence-electron chi connectivity index (χ2n) is 8.28. The molecule has 0 radical (unpaired) electrons. The van der Waals surface area contributed by atoms with E-state index >= 15 is 0 Å². The maximum atomic E-state index is 13.6. The summed E-state index contributed by atoms with van der Waals surface area (Å²) in [4.78, 5) is 33.8. The first-order valence-corrected chi connectivity index (χ1v) is 11.7. The number of aromatic nitrogens is 2. The van der Waals surface area contributed by atoms with Gasteiger partial charge in [0.05, 0.1) is 11.1 Å². The second-order valence-corrected chi connectivity index (χ2v) is 9.80. The molecule has 0 atom stereocenters. The minimum absolute atomic E-state index is 0.225. The molecule has 30 heavy (non-hydrogen) atoms. The lowest BCUT2D eigenvalue weighted by atomic mass is 10.1. The molecule has 0 amide bonds. The molecule has 1 fully saturated rings. The molecule has 4 heterocycles. The van der Waals surface area contributed by atoms with E-state index in [4.69, 9.17) is 11.6 Å². The Kier molecular flexibility index (Phi) is 5.31. The highest BCUT2D eigenvalue weighted by Crippen LogP contribution is 2.33. The van der Waals surface area contributed by atoms with Crippen LogP contribution < -0.4 is 11.2 Å². The summed E-state index contributed by atoms with van der Waals surface area (Å²) < 4.78 is 3.13. The number of fused-ring (bicyclic) bond motifs is 3. The maximum Gasteiger partial charge on any atom is 0.336 e. The Morgan fingerprint density at radius 1 is 1.10 bits per heavy atom. The molecule has 5 rings (SSSR count).